The number of aryl methyl sites for hydroxylation is 2. The van der Waals surface area contributed by atoms with E-state index >= 15 is 0 Å². The second kappa shape index (κ2) is 21.3. The number of fused-ring (bicyclic) bond motifs is 3. The molecule has 0 radical (unpaired) electrons. The number of rotatable bonds is 0. The normalized spacial score (nSPS) is 11.6. The van der Waals surface area contributed by atoms with E-state index in [1.165, 1.54) is 68.7 Å². The number of hydrogen-bond donors (Lipinski definition) is 0. The molecule has 0 spiro atoms. The Morgan fingerprint density at radius 3 is 1.54 bits per heavy atom. The van der Waals surface area contributed by atoms with Crippen LogP contribution in [0.5, 0.6) is 0 Å². The summed E-state index contributed by atoms with van der Waals surface area (Å²) in [5, 5.41) is 1.53. The molecule has 0 saturated carbocycles. The summed E-state index contributed by atoms with van der Waals surface area (Å²) in [6.07, 6.45) is 11.0. The summed E-state index contributed by atoms with van der Waals surface area (Å²) in [5.41, 5.74) is 11.6. The Morgan fingerprint density at radius 1 is 0.717 bits per heavy atom. The topological polar surface area (TPSA) is 0 Å². The molecule has 0 bridgehead atoms. The average Bonchev–Trinajstić information content (AvgIpc) is 3.65. The quantitative estimate of drug-likeness (QED) is 0.138. The molecular formula is C41H46Cl4Zr-4. The first kappa shape index (κ1) is 44.3. The van der Waals surface area contributed by atoms with E-state index in [9.17, 15) is 0 Å². The van der Waals surface area contributed by atoms with Crippen LogP contribution < -0.4 is 0 Å². The minimum absolute atomic E-state index is 0. The number of hydrogen-bond acceptors (Lipinski definition) is 0. The Morgan fingerprint density at radius 2 is 1.20 bits per heavy atom. The Balaban J connectivity index is 0.000000716. The monoisotopic (exact) mass is 768 g/mol. The molecule has 0 atom stereocenters. The van der Waals surface area contributed by atoms with Crippen molar-refractivity contribution in [3.05, 3.63) is 153 Å². The van der Waals surface area contributed by atoms with Crippen LogP contribution >= 0.6 is 48.0 Å². The van der Waals surface area contributed by atoms with Gasteiger partial charge in [0.15, 0.2) is 0 Å². The molecule has 2 aliphatic carbocycles. The van der Waals surface area contributed by atoms with Crippen LogP contribution in [0.4, 0.5) is 0 Å². The predicted octanol–water partition coefficient (Wildman–Crippen LogP) is 12.7. The van der Waals surface area contributed by atoms with E-state index in [4.69, 9.17) is 23.2 Å². The SMILES string of the molecule is Cc1[c-]c2c(cc1C(C)(C)C)-c1cc(C(C)(C)C)c(C)cc1C2.Cl.Cl.Clc1cc[c-]cc1.Clc1cc[c-]cc1.[C-]1=CC=CC1.[CH2]=[Zr]. The van der Waals surface area contributed by atoms with Gasteiger partial charge < -0.3 is 0 Å². The molecule has 2 aliphatic rings. The van der Waals surface area contributed by atoms with Gasteiger partial charge in [-0.15, -0.1) is 71.1 Å². The third-order valence-corrected chi connectivity index (χ3v) is 7.52. The van der Waals surface area contributed by atoms with Crippen molar-refractivity contribution in [1.82, 2.24) is 0 Å². The molecule has 0 heterocycles. The molecule has 5 heteroatoms. The van der Waals surface area contributed by atoms with Crippen LogP contribution in [0, 0.1) is 38.1 Å². The molecule has 0 amide bonds. The van der Waals surface area contributed by atoms with Gasteiger partial charge in [0.2, 0.25) is 0 Å². The van der Waals surface area contributed by atoms with Crippen LogP contribution in [0.2, 0.25) is 10.0 Å². The second-order valence-electron chi connectivity index (χ2n) is 12.6. The molecular weight excluding hydrogens is 725 g/mol. The van der Waals surface area contributed by atoms with Gasteiger partial charge in [0.25, 0.3) is 0 Å². The van der Waals surface area contributed by atoms with Gasteiger partial charge in [0.05, 0.1) is 0 Å². The van der Waals surface area contributed by atoms with Crippen molar-refractivity contribution in [2.45, 2.75) is 79.1 Å². The van der Waals surface area contributed by atoms with E-state index in [0.717, 1.165) is 22.9 Å². The van der Waals surface area contributed by atoms with Gasteiger partial charge in [-0.1, -0.05) is 81.6 Å². The van der Waals surface area contributed by atoms with Crippen molar-refractivity contribution >= 4 is 52.2 Å². The van der Waals surface area contributed by atoms with Gasteiger partial charge in [-0.3, -0.25) is 6.08 Å². The van der Waals surface area contributed by atoms with Crippen LogP contribution in [-0.2, 0) is 41.5 Å². The van der Waals surface area contributed by atoms with E-state index in [-0.39, 0.29) is 35.6 Å². The predicted molar refractivity (Wildman–Crippen MR) is 204 cm³/mol. The van der Waals surface area contributed by atoms with Crippen molar-refractivity contribution in [3.63, 3.8) is 0 Å². The zero-order valence-corrected chi connectivity index (χ0v) is 33.9. The molecule has 0 saturated heterocycles. The van der Waals surface area contributed by atoms with E-state index in [2.05, 4.69) is 108 Å². The minimum atomic E-state index is 0. The fourth-order valence-electron chi connectivity index (χ4n) is 5.10. The number of halogens is 4. The molecule has 4 aromatic rings. The summed E-state index contributed by atoms with van der Waals surface area (Å²) in [6.45, 7) is 18.2. The van der Waals surface area contributed by atoms with Crippen LogP contribution in [0.1, 0.15) is 81.3 Å². The third kappa shape index (κ3) is 14.2. The Kier molecular flexibility index (Phi) is 20.5. The first-order valence-electron chi connectivity index (χ1n) is 14.8. The fraction of sp³-hybridized carbons (Fsp3) is 0.293. The van der Waals surface area contributed by atoms with E-state index in [0.29, 0.717) is 0 Å². The first-order valence-corrected chi connectivity index (χ1v) is 17.3. The molecule has 0 nitrogen and oxygen atoms in total. The zero-order chi connectivity index (χ0) is 32.9. The molecule has 0 unspecified atom stereocenters. The summed E-state index contributed by atoms with van der Waals surface area (Å²) in [6, 6.07) is 30.9. The summed E-state index contributed by atoms with van der Waals surface area (Å²) >= 11 is 12.3. The molecule has 0 aliphatic heterocycles. The van der Waals surface area contributed by atoms with E-state index < -0.39 is 0 Å². The molecule has 0 aromatic heterocycles. The second-order valence-corrected chi connectivity index (χ2v) is 13.5. The maximum atomic E-state index is 5.52. The molecule has 4 aromatic carbocycles. The Hall–Kier alpha value is -1.73. The standard InChI is InChI=1S/C23H29.2C6H4Cl.C5H5.CH2.2ClH.Zr/c1-14-9-16-11-17-10-15(2)21(23(6,7)8)13-19(17)18(16)12-20(14)22(3,4)5;2*7-6-4-2-1-3-5-6;1-2-4-5-3-1;;;;/h9,12-13H,11H2,1-8H3;2*2-5H;1-3H,4H2;1H2;2*1H;/q4*-1;;;;. The average molecular weight is 772 g/mol. The fourth-order valence-corrected chi connectivity index (χ4v) is 5.35. The molecule has 46 heavy (non-hydrogen) atoms. The van der Waals surface area contributed by atoms with Gasteiger partial charge in [0, 0.05) is 0 Å². The molecule has 0 fully saturated rings. The number of benzene rings is 4. The van der Waals surface area contributed by atoms with Gasteiger partial charge in [-0.05, 0) is 35.4 Å². The van der Waals surface area contributed by atoms with E-state index in [1.54, 1.807) is 48.5 Å². The van der Waals surface area contributed by atoms with Crippen LogP contribution in [-0.4, -0.2) is 4.21 Å². The molecule has 246 valence electrons. The van der Waals surface area contributed by atoms with Crippen molar-refractivity contribution in [3.8, 4) is 11.1 Å². The number of allylic oxidation sites excluding steroid dienone is 4. The van der Waals surface area contributed by atoms with Gasteiger partial charge in [-0.25, -0.2) is 12.2 Å². The van der Waals surface area contributed by atoms with Crippen molar-refractivity contribution in [2.75, 3.05) is 0 Å². The molecule has 6 rings (SSSR count). The summed E-state index contributed by atoms with van der Waals surface area (Å²) in [5.74, 6) is 0. The van der Waals surface area contributed by atoms with Gasteiger partial charge >= 0.3 is 28.4 Å². The molecule has 0 N–H and O–H groups in total. The summed E-state index contributed by atoms with van der Waals surface area (Å²) in [7, 11) is 0. The van der Waals surface area contributed by atoms with Crippen LogP contribution in [0.15, 0.2) is 85.0 Å². The summed E-state index contributed by atoms with van der Waals surface area (Å²) in [4.78, 5) is 0. The first-order chi connectivity index (χ1) is 20.8. The Bertz CT molecular complexity index is 1410. The van der Waals surface area contributed by atoms with Crippen molar-refractivity contribution in [2.24, 2.45) is 0 Å². The van der Waals surface area contributed by atoms with Crippen molar-refractivity contribution in [1.29, 1.82) is 0 Å². The zero-order valence-electron chi connectivity index (χ0n) is 28.3. The van der Waals surface area contributed by atoms with Crippen LogP contribution in [0.25, 0.3) is 11.1 Å². The van der Waals surface area contributed by atoms with Crippen molar-refractivity contribution < 1.29 is 24.2 Å². The maximum absolute atomic E-state index is 5.52. The van der Waals surface area contributed by atoms with E-state index in [1.807, 2.05) is 12.2 Å². The van der Waals surface area contributed by atoms with Gasteiger partial charge in [0.1, 0.15) is 0 Å². The van der Waals surface area contributed by atoms with Gasteiger partial charge in [-0.2, -0.15) is 84.4 Å². The summed E-state index contributed by atoms with van der Waals surface area (Å²) < 4.78 is 3.34. The Labute approximate surface area is 316 Å². The van der Waals surface area contributed by atoms with Crippen LogP contribution in [0.3, 0.4) is 0 Å². The third-order valence-electron chi connectivity index (χ3n) is 7.02.